The van der Waals surface area contributed by atoms with Gasteiger partial charge in [-0.15, -0.1) is 0 Å². The number of amides is 1. The second kappa shape index (κ2) is 7.74. The van der Waals surface area contributed by atoms with Crippen LogP contribution in [0.2, 0.25) is 0 Å². The fraction of sp³-hybridized carbons (Fsp3) is 0.929. The molecule has 1 N–H and O–H groups in total. The second-order valence-corrected chi connectivity index (χ2v) is 6.22. The highest BCUT2D eigenvalue weighted by atomic mass is 19.4. The summed E-state index contributed by atoms with van der Waals surface area (Å²) in [7, 11) is 0. The molecular formula is C14H26F3NO2. The number of ether oxygens (including phenoxy) is 1. The lowest BCUT2D eigenvalue weighted by Gasteiger charge is -2.26. The lowest BCUT2D eigenvalue weighted by atomic mass is 9.96. The van der Waals surface area contributed by atoms with E-state index in [0.717, 1.165) is 19.3 Å². The summed E-state index contributed by atoms with van der Waals surface area (Å²) in [6.07, 6.45) is -3.06. The van der Waals surface area contributed by atoms with E-state index in [0.29, 0.717) is 0 Å². The molecular weight excluding hydrogens is 271 g/mol. The minimum atomic E-state index is -4.46. The summed E-state index contributed by atoms with van der Waals surface area (Å²) in [6.45, 7) is 8.59. The highest BCUT2D eigenvalue weighted by Crippen LogP contribution is 2.27. The summed E-state index contributed by atoms with van der Waals surface area (Å²) in [6, 6.07) is -1.86. The Kier molecular flexibility index (Phi) is 7.38. The summed E-state index contributed by atoms with van der Waals surface area (Å²) < 4.78 is 43.7. The van der Waals surface area contributed by atoms with Crippen LogP contribution in [0.4, 0.5) is 18.0 Å². The molecule has 0 aliphatic heterocycles. The monoisotopic (exact) mass is 297 g/mol. The largest absolute Gasteiger partial charge is 0.444 e. The van der Waals surface area contributed by atoms with Crippen molar-refractivity contribution in [2.24, 2.45) is 5.92 Å². The van der Waals surface area contributed by atoms with Gasteiger partial charge in [0.05, 0.1) is 0 Å². The average molecular weight is 297 g/mol. The molecule has 3 nitrogen and oxygen atoms in total. The second-order valence-electron chi connectivity index (χ2n) is 6.22. The third kappa shape index (κ3) is 9.04. The highest BCUT2D eigenvalue weighted by Gasteiger charge is 2.41. The van der Waals surface area contributed by atoms with Crippen molar-refractivity contribution in [3.63, 3.8) is 0 Å². The summed E-state index contributed by atoms with van der Waals surface area (Å²) in [4.78, 5) is 11.5. The number of alkyl halides is 3. The number of halogens is 3. The van der Waals surface area contributed by atoms with Crippen molar-refractivity contribution in [1.29, 1.82) is 0 Å². The standard InChI is InChI=1S/C14H26F3NO2/c1-6-7-8-10(2)9-11(14(15,16)17)18-12(19)20-13(3,4)5/h10-11H,6-9H2,1-5H3,(H,18,19). The van der Waals surface area contributed by atoms with E-state index in [1.165, 1.54) is 0 Å². The predicted molar refractivity (Wildman–Crippen MR) is 72.5 cm³/mol. The van der Waals surface area contributed by atoms with Gasteiger partial charge in [-0.3, -0.25) is 0 Å². The van der Waals surface area contributed by atoms with Crippen molar-refractivity contribution < 1.29 is 22.7 Å². The van der Waals surface area contributed by atoms with Crippen LogP contribution < -0.4 is 5.32 Å². The zero-order valence-electron chi connectivity index (χ0n) is 12.9. The molecule has 0 spiro atoms. The molecule has 0 radical (unpaired) electrons. The first kappa shape index (κ1) is 19.1. The number of carbonyl (C=O) groups excluding carboxylic acids is 1. The van der Waals surface area contributed by atoms with E-state index in [4.69, 9.17) is 4.74 Å². The third-order valence-corrected chi connectivity index (χ3v) is 2.77. The summed E-state index contributed by atoms with van der Waals surface area (Å²) in [5.74, 6) is -0.100. The SMILES string of the molecule is CCCCC(C)CC(NC(=O)OC(C)(C)C)C(F)(F)F. The normalized spacial score (nSPS) is 15.6. The van der Waals surface area contributed by atoms with E-state index in [9.17, 15) is 18.0 Å². The minimum absolute atomic E-state index is 0.100. The van der Waals surface area contributed by atoms with Gasteiger partial charge in [-0.1, -0.05) is 33.1 Å². The fourth-order valence-electron chi connectivity index (χ4n) is 1.80. The Morgan fingerprint density at radius 1 is 1.25 bits per heavy atom. The Labute approximate surface area is 119 Å². The first-order chi connectivity index (χ1) is 8.95. The Balaban J connectivity index is 4.55. The molecule has 6 heteroatoms. The van der Waals surface area contributed by atoms with E-state index in [-0.39, 0.29) is 12.3 Å². The topological polar surface area (TPSA) is 38.3 Å². The Morgan fingerprint density at radius 2 is 1.80 bits per heavy atom. The van der Waals surface area contributed by atoms with E-state index < -0.39 is 23.9 Å². The van der Waals surface area contributed by atoms with Crippen LogP contribution >= 0.6 is 0 Å². The first-order valence-electron chi connectivity index (χ1n) is 7.02. The van der Waals surface area contributed by atoms with Gasteiger partial charge in [0.2, 0.25) is 0 Å². The smallest absolute Gasteiger partial charge is 0.408 e. The van der Waals surface area contributed by atoms with Gasteiger partial charge in [0.25, 0.3) is 0 Å². The molecule has 0 aromatic heterocycles. The van der Waals surface area contributed by atoms with Crippen LogP contribution in [-0.2, 0) is 4.74 Å². The molecule has 0 aliphatic carbocycles. The lowest BCUT2D eigenvalue weighted by Crippen LogP contribution is -2.48. The molecule has 0 saturated heterocycles. The van der Waals surface area contributed by atoms with E-state index in [2.05, 4.69) is 0 Å². The molecule has 20 heavy (non-hydrogen) atoms. The first-order valence-corrected chi connectivity index (χ1v) is 7.02. The number of alkyl carbamates (subject to hydrolysis) is 1. The van der Waals surface area contributed by atoms with Crippen molar-refractivity contribution in [3.05, 3.63) is 0 Å². The van der Waals surface area contributed by atoms with Crippen molar-refractivity contribution in [2.75, 3.05) is 0 Å². The van der Waals surface area contributed by atoms with Crippen LogP contribution in [0.25, 0.3) is 0 Å². The number of carbonyl (C=O) groups is 1. The summed E-state index contributed by atoms with van der Waals surface area (Å²) in [5.41, 5.74) is -0.811. The fourth-order valence-corrected chi connectivity index (χ4v) is 1.80. The number of rotatable bonds is 6. The molecule has 0 heterocycles. The predicted octanol–water partition coefficient (Wildman–Crippen LogP) is 4.66. The molecule has 1 amide bonds. The zero-order valence-corrected chi connectivity index (χ0v) is 12.9. The van der Waals surface area contributed by atoms with Crippen LogP contribution in [0, 0.1) is 5.92 Å². The summed E-state index contributed by atoms with van der Waals surface area (Å²) >= 11 is 0. The molecule has 0 saturated carbocycles. The molecule has 0 fully saturated rings. The highest BCUT2D eigenvalue weighted by molar-refractivity contribution is 5.68. The average Bonchev–Trinajstić information content (AvgIpc) is 2.21. The van der Waals surface area contributed by atoms with Crippen LogP contribution in [-0.4, -0.2) is 23.9 Å². The van der Waals surface area contributed by atoms with Crippen LogP contribution in [0.3, 0.4) is 0 Å². The maximum absolute atomic E-state index is 12.9. The summed E-state index contributed by atoms with van der Waals surface area (Å²) in [5, 5.41) is 1.93. The van der Waals surface area contributed by atoms with Crippen molar-refractivity contribution in [2.45, 2.75) is 78.1 Å². The maximum atomic E-state index is 12.9. The number of hydrogen-bond acceptors (Lipinski definition) is 2. The quantitative estimate of drug-likeness (QED) is 0.774. The van der Waals surface area contributed by atoms with Gasteiger partial charge in [-0.25, -0.2) is 4.79 Å². The van der Waals surface area contributed by atoms with Gasteiger partial charge in [-0.05, 0) is 33.1 Å². The molecule has 0 aliphatic rings. The number of nitrogens with one attached hydrogen (secondary N) is 1. The molecule has 0 rings (SSSR count). The van der Waals surface area contributed by atoms with Crippen LogP contribution in [0.1, 0.15) is 60.3 Å². The van der Waals surface area contributed by atoms with Gasteiger partial charge < -0.3 is 10.1 Å². The van der Waals surface area contributed by atoms with E-state index in [1.54, 1.807) is 27.7 Å². The van der Waals surface area contributed by atoms with E-state index >= 15 is 0 Å². The molecule has 2 atom stereocenters. The molecule has 0 aromatic carbocycles. The van der Waals surface area contributed by atoms with E-state index in [1.807, 2.05) is 12.2 Å². The van der Waals surface area contributed by atoms with Crippen molar-refractivity contribution >= 4 is 6.09 Å². The molecule has 120 valence electrons. The lowest BCUT2D eigenvalue weighted by molar-refractivity contribution is -0.158. The van der Waals surface area contributed by atoms with Crippen molar-refractivity contribution in [3.8, 4) is 0 Å². The Bertz CT molecular complexity index is 298. The third-order valence-electron chi connectivity index (χ3n) is 2.77. The number of unbranched alkanes of at least 4 members (excludes halogenated alkanes) is 1. The maximum Gasteiger partial charge on any atom is 0.408 e. The van der Waals surface area contributed by atoms with Gasteiger partial charge in [0.1, 0.15) is 11.6 Å². The zero-order chi connectivity index (χ0) is 16.0. The molecule has 0 bridgehead atoms. The van der Waals surface area contributed by atoms with Crippen LogP contribution in [0.15, 0.2) is 0 Å². The number of hydrogen-bond donors (Lipinski definition) is 1. The van der Waals surface area contributed by atoms with Crippen LogP contribution in [0.5, 0.6) is 0 Å². The molecule has 2 unspecified atom stereocenters. The molecule has 0 aromatic rings. The van der Waals surface area contributed by atoms with Gasteiger partial charge in [-0.2, -0.15) is 13.2 Å². The van der Waals surface area contributed by atoms with Crippen molar-refractivity contribution in [1.82, 2.24) is 5.32 Å². The van der Waals surface area contributed by atoms with Gasteiger partial charge in [0, 0.05) is 0 Å². The van der Waals surface area contributed by atoms with Gasteiger partial charge >= 0.3 is 12.3 Å². The minimum Gasteiger partial charge on any atom is -0.444 e. The van der Waals surface area contributed by atoms with Gasteiger partial charge in [0.15, 0.2) is 0 Å². The Hall–Kier alpha value is -0.940. The Morgan fingerprint density at radius 3 is 2.20 bits per heavy atom.